The fraction of sp³-hybridized carbons (Fsp3) is 0.929. The summed E-state index contributed by atoms with van der Waals surface area (Å²) in [6.45, 7) is 1.63. The molecule has 0 atom stereocenters. The minimum absolute atomic E-state index is 0.379. The van der Waals surface area contributed by atoms with Gasteiger partial charge in [0.25, 0.3) is 0 Å². The van der Waals surface area contributed by atoms with E-state index in [0.29, 0.717) is 5.41 Å². The highest BCUT2D eigenvalue weighted by Gasteiger charge is 3.17. The third kappa shape index (κ3) is 0.792. The summed E-state index contributed by atoms with van der Waals surface area (Å²) in [5.41, 5.74) is 2.15. The summed E-state index contributed by atoms with van der Waals surface area (Å²) in [5.74, 6) is 2.36. The molecule has 5 aliphatic carbocycles. The SMILES string of the molecule is O=C(O)N1CC2(CCCC34C5C3C54CCC2)C1. The largest absolute Gasteiger partial charge is 0.465 e. The van der Waals surface area contributed by atoms with Crippen LogP contribution in [0.5, 0.6) is 0 Å². The van der Waals surface area contributed by atoms with Gasteiger partial charge in [-0.3, -0.25) is 0 Å². The van der Waals surface area contributed by atoms with Crippen LogP contribution in [0.4, 0.5) is 4.79 Å². The monoisotopic (exact) mass is 233 g/mol. The Labute approximate surface area is 101 Å². The van der Waals surface area contributed by atoms with Crippen molar-refractivity contribution in [3.63, 3.8) is 0 Å². The Morgan fingerprint density at radius 3 is 2.00 bits per heavy atom. The lowest BCUT2D eigenvalue weighted by atomic mass is 9.72. The minimum atomic E-state index is -0.720. The third-order valence-corrected chi connectivity index (χ3v) is 6.95. The molecule has 6 fully saturated rings. The molecule has 1 aliphatic heterocycles. The first-order valence-corrected chi connectivity index (χ1v) is 7.14. The zero-order valence-corrected chi connectivity index (χ0v) is 10.1. The van der Waals surface area contributed by atoms with Crippen molar-refractivity contribution in [1.82, 2.24) is 4.90 Å². The van der Waals surface area contributed by atoms with E-state index in [1.807, 2.05) is 0 Å². The Morgan fingerprint density at radius 2 is 1.53 bits per heavy atom. The molecule has 1 saturated heterocycles. The lowest BCUT2D eigenvalue weighted by Gasteiger charge is -2.49. The molecule has 1 N–H and O–H groups in total. The fourth-order valence-electron chi connectivity index (χ4n) is 5.90. The van der Waals surface area contributed by atoms with Crippen LogP contribution in [0.3, 0.4) is 0 Å². The van der Waals surface area contributed by atoms with Gasteiger partial charge in [0, 0.05) is 18.5 Å². The van der Waals surface area contributed by atoms with Crippen molar-refractivity contribution in [2.75, 3.05) is 13.1 Å². The molecule has 5 saturated carbocycles. The van der Waals surface area contributed by atoms with E-state index < -0.39 is 6.09 Å². The smallest absolute Gasteiger partial charge is 0.407 e. The Bertz CT molecular complexity index is 402. The molecule has 17 heavy (non-hydrogen) atoms. The topological polar surface area (TPSA) is 40.5 Å². The van der Waals surface area contributed by atoms with Gasteiger partial charge in [-0.15, -0.1) is 0 Å². The normalized spacial score (nSPS) is 55.6. The molecular weight excluding hydrogens is 214 g/mol. The van der Waals surface area contributed by atoms with Crippen molar-refractivity contribution in [1.29, 1.82) is 0 Å². The van der Waals surface area contributed by atoms with E-state index in [4.69, 9.17) is 5.11 Å². The summed E-state index contributed by atoms with van der Waals surface area (Å²) in [4.78, 5) is 12.5. The summed E-state index contributed by atoms with van der Waals surface area (Å²) in [7, 11) is 0. The van der Waals surface area contributed by atoms with Crippen LogP contribution in [-0.2, 0) is 0 Å². The molecule has 0 aromatic carbocycles. The van der Waals surface area contributed by atoms with Crippen LogP contribution in [0.25, 0.3) is 0 Å². The van der Waals surface area contributed by atoms with E-state index in [1.54, 1.807) is 4.90 Å². The quantitative estimate of drug-likeness (QED) is 0.698. The molecule has 3 heteroatoms. The number of hydrogen-bond acceptors (Lipinski definition) is 1. The van der Waals surface area contributed by atoms with Gasteiger partial charge in [-0.05, 0) is 48.3 Å². The molecule has 1 amide bonds. The molecular formula is C14H19NO2. The second kappa shape index (κ2) is 2.24. The van der Waals surface area contributed by atoms with Crippen molar-refractivity contribution < 1.29 is 9.90 Å². The zero-order valence-electron chi connectivity index (χ0n) is 10.1. The molecule has 6 rings (SSSR count). The van der Waals surface area contributed by atoms with Crippen LogP contribution in [0.15, 0.2) is 0 Å². The predicted octanol–water partition coefficient (Wildman–Crippen LogP) is 2.57. The first kappa shape index (κ1) is 9.23. The standard InChI is InChI=1S/C14H19NO2/c16-11(17)15-7-12(8-15)3-1-5-13-9-10(13)14(9,13)6-2-4-12/h9-10H,1-8H2,(H,16,17). The van der Waals surface area contributed by atoms with Gasteiger partial charge < -0.3 is 10.0 Å². The van der Waals surface area contributed by atoms with Crippen LogP contribution in [0, 0.1) is 28.1 Å². The first-order chi connectivity index (χ1) is 8.16. The highest BCUT2D eigenvalue weighted by molar-refractivity contribution is 5.66. The Morgan fingerprint density at radius 1 is 1.00 bits per heavy atom. The highest BCUT2D eigenvalue weighted by Crippen LogP contribution is 3.20. The fourth-order valence-corrected chi connectivity index (χ4v) is 5.90. The Balaban J connectivity index is 1.28. The highest BCUT2D eigenvalue weighted by atomic mass is 16.4. The van der Waals surface area contributed by atoms with Gasteiger partial charge >= 0.3 is 6.09 Å². The van der Waals surface area contributed by atoms with Gasteiger partial charge in [0.2, 0.25) is 0 Å². The molecule has 1 heterocycles. The van der Waals surface area contributed by atoms with Crippen molar-refractivity contribution >= 4 is 6.09 Å². The molecule has 3 nitrogen and oxygen atoms in total. The molecule has 6 aliphatic rings. The maximum Gasteiger partial charge on any atom is 0.407 e. The number of hydrogen-bond donors (Lipinski definition) is 1. The molecule has 0 unspecified atom stereocenters. The van der Waals surface area contributed by atoms with E-state index in [-0.39, 0.29) is 0 Å². The van der Waals surface area contributed by atoms with Crippen LogP contribution < -0.4 is 0 Å². The summed E-state index contributed by atoms with van der Waals surface area (Å²) in [5, 5.41) is 8.95. The average Bonchev–Trinajstić information content (AvgIpc) is 3.09. The van der Waals surface area contributed by atoms with Crippen molar-refractivity contribution in [3.05, 3.63) is 0 Å². The van der Waals surface area contributed by atoms with Gasteiger partial charge in [-0.2, -0.15) is 0 Å². The lowest BCUT2D eigenvalue weighted by Crippen LogP contribution is -2.58. The van der Waals surface area contributed by atoms with Crippen LogP contribution >= 0.6 is 0 Å². The zero-order chi connectivity index (χ0) is 11.5. The van der Waals surface area contributed by atoms with E-state index in [1.165, 1.54) is 50.4 Å². The van der Waals surface area contributed by atoms with Gasteiger partial charge in [-0.25, -0.2) is 4.79 Å². The van der Waals surface area contributed by atoms with E-state index in [0.717, 1.165) is 23.9 Å². The van der Waals surface area contributed by atoms with E-state index in [2.05, 4.69) is 0 Å². The number of nitrogens with zero attached hydrogens (tertiary/aromatic N) is 1. The number of amides is 1. The molecule has 0 bridgehead atoms. The molecule has 92 valence electrons. The molecule has 3 spiro atoms. The van der Waals surface area contributed by atoms with E-state index in [9.17, 15) is 4.79 Å². The Hall–Kier alpha value is -0.730. The maximum absolute atomic E-state index is 10.9. The minimum Gasteiger partial charge on any atom is -0.465 e. The number of rotatable bonds is 0. The number of carbonyl (C=O) groups is 1. The van der Waals surface area contributed by atoms with Crippen molar-refractivity contribution in [3.8, 4) is 0 Å². The van der Waals surface area contributed by atoms with Crippen molar-refractivity contribution in [2.24, 2.45) is 28.1 Å². The molecule has 0 radical (unpaired) electrons. The second-order valence-electron chi connectivity index (χ2n) is 7.38. The lowest BCUT2D eigenvalue weighted by molar-refractivity contribution is -0.00499. The van der Waals surface area contributed by atoms with Crippen LogP contribution in [0.1, 0.15) is 38.5 Å². The molecule has 0 aromatic heterocycles. The van der Waals surface area contributed by atoms with Crippen LogP contribution in [0.2, 0.25) is 0 Å². The van der Waals surface area contributed by atoms with Gasteiger partial charge in [-0.1, -0.05) is 12.8 Å². The van der Waals surface area contributed by atoms with E-state index >= 15 is 0 Å². The van der Waals surface area contributed by atoms with Crippen molar-refractivity contribution in [2.45, 2.75) is 38.5 Å². The summed E-state index contributed by atoms with van der Waals surface area (Å²) < 4.78 is 0. The van der Waals surface area contributed by atoms with Crippen LogP contribution in [-0.4, -0.2) is 29.2 Å². The maximum atomic E-state index is 10.9. The van der Waals surface area contributed by atoms with Gasteiger partial charge in [0.05, 0.1) is 0 Å². The third-order valence-electron chi connectivity index (χ3n) is 6.95. The first-order valence-electron chi connectivity index (χ1n) is 7.14. The van der Waals surface area contributed by atoms with Gasteiger partial charge in [0.15, 0.2) is 0 Å². The number of likely N-dealkylation sites (tertiary alicyclic amines) is 1. The number of carboxylic acid groups (broad SMARTS) is 1. The average molecular weight is 233 g/mol. The summed E-state index contributed by atoms with van der Waals surface area (Å²) in [6.07, 6.45) is 7.52. The predicted molar refractivity (Wildman–Crippen MR) is 61.6 cm³/mol. The Kier molecular flexibility index (Phi) is 1.22. The summed E-state index contributed by atoms with van der Waals surface area (Å²) >= 11 is 0. The summed E-state index contributed by atoms with van der Waals surface area (Å²) in [6, 6.07) is 0. The molecule has 0 aromatic rings. The van der Waals surface area contributed by atoms with Gasteiger partial charge in [0.1, 0.15) is 0 Å². The second-order valence-corrected chi connectivity index (χ2v) is 7.38.